The first-order chi connectivity index (χ1) is 9.41. The maximum atomic E-state index is 13.4. The summed E-state index contributed by atoms with van der Waals surface area (Å²) >= 11 is 5.65. The van der Waals surface area contributed by atoms with Crippen molar-refractivity contribution >= 4 is 23.8 Å². The first-order valence-corrected chi connectivity index (χ1v) is 5.74. The summed E-state index contributed by atoms with van der Waals surface area (Å²) in [4.78, 5) is 0. The van der Waals surface area contributed by atoms with Crippen LogP contribution in [0.25, 0.3) is 12.2 Å². The van der Waals surface area contributed by atoms with Crippen LogP contribution in [-0.2, 0) is 0 Å². The van der Waals surface area contributed by atoms with Crippen molar-refractivity contribution < 1.29 is 22.0 Å². The van der Waals surface area contributed by atoms with Crippen molar-refractivity contribution in [3.8, 4) is 0 Å². The van der Waals surface area contributed by atoms with E-state index in [2.05, 4.69) is 0 Å². The van der Waals surface area contributed by atoms with Crippen LogP contribution in [0.2, 0.25) is 5.02 Å². The summed E-state index contributed by atoms with van der Waals surface area (Å²) in [6.07, 6.45) is 2.04. The van der Waals surface area contributed by atoms with E-state index in [1.807, 2.05) is 0 Å². The van der Waals surface area contributed by atoms with E-state index >= 15 is 0 Å². The molecule has 0 saturated carbocycles. The molecule has 0 amide bonds. The molecule has 0 aromatic heterocycles. The molecule has 0 aliphatic heterocycles. The van der Waals surface area contributed by atoms with E-state index < -0.39 is 34.6 Å². The average Bonchev–Trinajstić information content (AvgIpc) is 2.45. The fourth-order valence-corrected chi connectivity index (χ4v) is 1.65. The molecule has 0 atom stereocenters. The van der Waals surface area contributed by atoms with Crippen LogP contribution in [0.15, 0.2) is 24.3 Å². The lowest BCUT2D eigenvalue weighted by atomic mass is 10.1. The molecule has 2 aromatic rings. The molecule has 104 valence electrons. The highest BCUT2D eigenvalue weighted by molar-refractivity contribution is 6.30. The zero-order valence-electron chi connectivity index (χ0n) is 9.73. The van der Waals surface area contributed by atoms with Gasteiger partial charge in [0, 0.05) is 5.02 Å². The molecule has 0 aliphatic rings. The summed E-state index contributed by atoms with van der Waals surface area (Å²) in [7, 11) is 0. The van der Waals surface area contributed by atoms with E-state index in [9.17, 15) is 22.0 Å². The molecule has 0 saturated heterocycles. The molecule has 0 bridgehead atoms. The van der Waals surface area contributed by atoms with Crippen LogP contribution in [0.3, 0.4) is 0 Å². The second-order valence-electron chi connectivity index (χ2n) is 3.87. The Labute approximate surface area is 116 Å². The summed E-state index contributed by atoms with van der Waals surface area (Å²) in [6, 6.07) is 6.12. The van der Waals surface area contributed by atoms with Gasteiger partial charge in [-0.2, -0.15) is 0 Å². The molecule has 0 N–H and O–H groups in total. The third kappa shape index (κ3) is 2.67. The topological polar surface area (TPSA) is 0 Å². The molecular weight excluding hydrogens is 299 g/mol. The molecule has 0 fully saturated rings. The molecule has 2 aromatic carbocycles. The number of rotatable bonds is 2. The van der Waals surface area contributed by atoms with Crippen LogP contribution in [0.1, 0.15) is 11.1 Å². The van der Waals surface area contributed by atoms with Crippen LogP contribution in [-0.4, -0.2) is 0 Å². The van der Waals surface area contributed by atoms with Gasteiger partial charge in [-0.3, -0.25) is 0 Å². The molecule has 20 heavy (non-hydrogen) atoms. The first kappa shape index (κ1) is 14.5. The van der Waals surface area contributed by atoms with E-state index in [-0.39, 0.29) is 0 Å². The molecule has 2 rings (SSSR count). The lowest BCUT2D eigenvalue weighted by Gasteiger charge is -2.04. The quantitative estimate of drug-likeness (QED) is 0.309. The number of halogens is 6. The Morgan fingerprint density at radius 2 is 1.10 bits per heavy atom. The Morgan fingerprint density at radius 3 is 1.60 bits per heavy atom. The van der Waals surface area contributed by atoms with E-state index in [0.29, 0.717) is 10.6 Å². The van der Waals surface area contributed by atoms with Gasteiger partial charge in [-0.15, -0.1) is 0 Å². The largest absolute Gasteiger partial charge is 0.203 e. The summed E-state index contributed by atoms with van der Waals surface area (Å²) in [6.45, 7) is 0. The Morgan fingerprint density at radius 1 is 0.650 bits per heavy atom. The summed E-state index contributed by atoms with van der Waals surface area (Å²) in [5.74, 6) is -9.86. The number of benzene rings is 2. The monoisotopic (exact) mass is 304 g/mol. The molecular formula is C14H6ClF5. The Hall–Kier alpha value is -1.88. The van der Waals surface area contributed by atoms with Gasteiger partial charge in [0.1, 0.15) is 0 Å². The van der Waals surface area contributed by atoms with Gasteiger partial charge in [0.25, 0.3) is 0 Å². The van der Waals surface area contributed by atoms with Crippen molar-refractivity contribution in [3.63, 3.8) is 0 Å². The Bertz CT molecular complexity index is 648. The summed E-state index contributed by atoms with van der Waals surface area (Å²) < 4.78 is 65.5. The molecule has 0 nitrogen and oxygen atoms in total. The van der Waals surface area contributed by atoms with Crippen molar-refractivity contribution in [2.45, 2.75) is 0 Å². The maximum Gasteiger partial charge on any atom is 0.200 e. The number of hydrogen-bond donors (Lipinski definition) is 0. The highest BCUT2D eigenvalue weighted by Gasteiger charge is 2.24. The molecule has 0 heterocycles. The molecule has 0 unspecified atom stereocenters. The molecule has 0 radical (unpaired) electrons. The normalized spacial score (nSPS) is 11.3. The second-order valence-corrected chi connectivity index (χ2v) is 4.30. The van der Waals surface area contributed by atoms with Gasteiger partial charge in [-0.1, -0.05) is 29.8 Å². The highest BCUT2D eigenvalue weighted by atomic mass is 35.5. The zero-order valence-corrected chi connectivity index (χ0v) is 10.5. The SMILES string of the molecule is Fc1c(F)c(F)c(/C=C/c2ccc(Cl)cc2)c(F)c1F. The lowest BCUT2D eigenvalue weighted by molar-refractivity contribution is 0.377. The van der Waals surface area contributed by atoms with Crippen LogP contribution < -0.4 is 0 Å². The smallest absolute Gasteiger partial charge is 0.200 e. The van der Waals surface area contributed by atoms with Crippen LogP contribution in [0.5, 0.6) is 0 Å². The number of hydrogen-bond acceptors (Lipinski definition) is 0. The van der Waals surface area contributed by atoms with E-state index in [1.165, 1.54) is 30.3 Å². The standard InChI is InChI=1S/C14H6ClF5/c15-8-4-1-7(2-5-8)3-6-9-10(16)12(18)14(20)13(19)11(9)17/h1-6H/b6-3+. The van der Waals surface area contributed by atoms with Gasteiger partial charge in [-0.25, -0.2) is 22.0 Å². The van der Waals surface area contributed by atoms with Crippen molar-refractivity contribution in [2.75, 3.05) is 0 Å². The zero-order chi connectivity index (χ0) is 14.9. The maximum absolute atomic E-state index is 13.4. The minimum atomic E-state index is -2.18. The van der Waals surface area contributed by atoms with Crippen LogP contribution in [0.4, 0.5) is 22.0 Å². The summed E-state index contributed by atoms with van der Waals surface area (Å²) in [5.41, 5.74) is -0.491. The predicted octanol–water partition coefficient (Wildman–Crippen LogP) is 5.21. The minimum Gasteiger partial charge on any atom is -0.203 e. The van der Waals surface area contributed by atoms with Crippen molar-refractivity contribution in [3.05, 3.63) is 69.5 Å². The van der Waals surface area contributed by atoms with Gasteiger partial charge in [0.15, 0.2) is 23.3 Å². The van der Waals surface area contributed by atoms with Gasteiger partial charge in [-0.05, 0) is 23.8 Å². The predicted molar refractivity (Wildman–Crippen MR) is 66.6 cm³/mol. The average molecular weight is 305 g/mol. The molecule has 0 spiro atoms. The second kappa shape index (κ2) is 5.63. The van der Waals surface area contributed by atoms with E-state index in [1.54, 1.807) is 0 Å². The minimum absolute atomic E-state index is 0.457. The van der Waals surface area contributed by atoms with Crippen LogP contribution in [0, 0.1) is 29.1 Å². The van der Waals surface area contributed by atoms with Gasteiger partial charge in [0.05, 0.1) is 5.56 Å². The van der Waals surface area contributed by atoms with Gasteiger partial charge >= 0.3 is 0 Å². The Balaban J connectivity index is 2.46. The van der Waals surface area contributed by atoms with E-state index in [4.69, 9.17) is 11.6 Å². The third-order valence-electron chi connectivity index (χ3n) is 2.56. The van der Waals surface area contributed by atoms with Gasteiger partial charge < -0.3 is 0 Å². The first-order valence-electron chi connectivity index (χ1n) is 5.37. The summed E-state index contributed by atoms with van der Waals surface area (Å²) in [5, 5.41) is 0.457. The highest BCUT2D eigenvalue weighted by Crippen LogP contribution is 2.24. The molecule has 6 heteroatoms. The lowest BCUT2D eigenvalue weighted by Crippen LogP contribution is -2.03. The van der Waals surface area contributed by atoms with E-state index in [0.717, 1.165) is 6.08 Å². The van der Waals surface area contributed by atoms with Crippen molar-refractivity contribution in [1.29, 1.82) is 0 Å². The van der Waals surface area contributed by atoms with Gasteiger partial charge in [0.2, 0.25) is 5.82 Å². The third-order valence-corrected chi connectivity index (χ3v) is 2.81. The van der Waals surface area contributed by atoms with Crippen molar-refractivity contribution in [2.24, 2.45) is 0 Å². The Kier molecular flexibility index (Phi) is 4.09. The van der Waals surface area contributed by atoms with Crippen LogP contribution >= 0.6 is 11.6 Å². The molecule has 0 aliphatic carbocycles. The van der Waals surface area contributed by atoms with Crippen molar-refractivity contribution in [1.82, 2.24) is 0 Å². The fraction of sp³-hybridized carbons (Fsp3) is 0. The fourth-order valence-electron chi connectivity index (χ4n) is 1.52.